The summed E-state index contributed by atoms with van der Waals surface area (Å²) in [4.78, 5) is 21.3. The minimum absolute atomic E-state index is 0.0522. The van der Waals surface area contributed by atoms with Crippen molar-refractivity contribution in [1.29, 1.82) is 0 Å². The molecule has 0 atom stereocenters. The van der Waals surface area contributed by atoms with Crippen molar-refractivity contribution in [2.24, 2.45) is 4.74 Å². The lowest BCUT2D eigenvalue weighted by Crippen LogP contribution is -1.96. The molecular weight excluding hydrogens is 333 g/mol. The van der Waals surface area contributed by atoms with Crippen LogP contribution >= 0.6 is 50.4 Å². The summed E-state index contributed by atoms with van der Waals surface area (Å²) in [5, 5.41) is 7.14. The van der Waals surface area contributed by atoms with Gasteiger partial charge in [-0.2, -0.15) is 4.74 Å². The van der Waals surface area contributed by atoms with E-state index in [2.05, 4.69) is 4.74 Å². The minimum Gasteiger partial charge on any atom is -0.267 e. The van der Waals surface area contributed by atoms with Crippen LogP contribution in [0.5, 0.6) is 0 Å². The van der Waals surface area contributed by atoms with Crippen LogP contribution in [0.1, 0.15) is 10.4 Å². The summed E-state index contributed by atoms with van der Waals surface area (Å²) in [5.74, 6) is -0.821. The Morgan fingerprint density at radius 1 is 1.35 bits per heavy atom. The van der Waals surface area contributed by atoms with Gasteiger partial charge in [0.05, 0.1) is 15.5 Å². The maximum Gasteiger partial charge on any atom is 0.280 e. The van der Waals surface area contributed by atoms with Crippen molar-refractivity contribution >= 4 is 62.0 Å². The van der Waals surface area contributed by atoms with Gasteiger partial charge in [-0.3, -0.25) is 14.9 Å². The van der Waals surface area contributed by atoms with Gasteiger partial charge >= 0.3 is 0 Å². The lowest BCUT2D eigenvalue weighted by atomic mass is 10.2. The number of nitro groups is 1. The zero-order valence-corrected chi connectivity index (χ0v) is 11.7. The molecule has 0 spiro atoms. The molecule has 0 aromatic heterocycles. The first-order valence-electron chi connectivity index (χ1n) is 3.90. The molecule has 1 rings (SSSR count). The lowest BCUT2D eigenvalue weighted by Gasteiger charge is -2.01. The molecule has 0 bridgehead atoms. The smallest absolute Gasteiger partial charge is 0.267 e. The van der Waals surface area contributed by atoms with Crippen molar-refractivity contribution in [3.05, 3.63) is 38.9 Å². The van der Waals surface area contributed by atoms with E-state index in [9.17, 15) is 14.9 Å². The van der Waals surface area contributed by atoms with E-state index < -0.39 is 15.9 Å². The molecule has 0 aliphatic carbocycles. The third-order valence-electron chi connectivity index (χ3n) is 1.60. The van der Waals surface area contributed by atoms with Crippen molar-refractivity contribution in [1.82, 2.24) is 0 Å². The number of carbonyl (C=O) groups is 1. The molecule has 0 saturated heterocycles. The summed E-state index contributed by atoms with van der Waals surface area (Å²) in [6, 6.07) is 3.30. The Bertz CT molecular complexity index is 534. The average Bonchev–Trinajstić information content (AvgIpc) is 2.14. The van der Waals surface area contributed by atoms with Gasteiger partial charge < -0.3 is 0 Å². The van der Waals surface area contributed by atoms with E-state index >= 15 is 0 Å². The van der Waals surface area contributed by atoms with Gasteiger partial charge in [0, 0.05) is 12.1 Å². The number of halogens is 4. The van der Waals surface area contributed by atoms with Crippen LogP contribution in [-0.2, 0) is 0 Å². The zero-order valence-electron chi connectivity index (χ0n) is 7.81. The highest BCUT2D eigenvalue weighted by Crippen LogP contribution is 2.65. The number of hydrogen-bond acceptors (Lipinski definition) is 3. The summed E-state index contributed by atoms with van der Waals surface area (Å²) in [7, 11) is 0. The highest BCUT2D eigenvalue weighted by atomic mass is 36.0. The monoisotopic (exact) mass is 334 g/mol. The van der Waals surface area contributed by atoms with E-state index in [0.29, 0.717) is 0 Å². The van der Waals surface area contributed by atoms with E-state index in [1.807, 2.05) is 0 Å². The van der Waals surface area contributed by atoms with E-state index in [0.717, 1.165) is 18.2 Å². The standard InChI is InChI=1S/C7H3Cl4N2O3P/c8-6-3-4(13(15)16)1-2-5(6)7(14)12-17(9,10)11/h1-3H. The summed E-state index contributed by atoms with van der Waals surface area (Å²) >= 11 is 21.9. The molecule has 0 aliphatic rings. The van der Waals surface area contributed by atoms with Crippen molar-refractivity contribution in [3.63, 3.8) is 0 Å². The topological polar surface area (TPSA) is 72.6 Å². The molecular formula is C7H3Cl4N2O3P. The van der Waals surface area contributed by atoms with Crippen LogP contribution in [0.25, 0.3) is 0 Å². The fourth-order valence-corrected chi connectivity index (χ4v) is 2.14. The highest BCUT2D eigenvalue weighted by molar-refractivity contribution is 8.26. The predicted molar refractivity (Wildman–Crippen MR) is 69.3 cm³/mol. The van der Waals surface area contributed by atoms with Crippen molar-refractivity contribution in [3.8, 4) is 0 Å². The van der Waals surface area contributed by atoms with Gasteiger partial charge in [-0.1, -0.05) is 11.6 Å². The van der Waals surface area contributed by atoms with Gasteiger partial charge in [0.1, 0.15) is 0 Å². The summed E-state index contributed by atoms with van der Waals surface area (Å²) < 4.78 is 3.33. The molecule has 0 radical (unpaired) electrons. The van der Waals surface area contributed by atoms with Crippen molar-refractivity contribution in [2.45, 2.75) is 0 Å². The molecule has 0 N–H and O–H groups in total. The van der Waals surface area contributed by atoms with E-state index in [-0.39, 0.29) is 16.3 Å². The summed E-state index contributed by atoms with van der Waals surface area (Å²) in [6.07, 6.45) is 0. The number of amides is 1. The normalized spacial score (nSPS) is 11.1. The van der Waals surface area contributed by atoms with E-state index in [1.54, 1.807) is 0 Å². The number of benzene rings is 1. The maximum atomic E-state index is 11.5. The molecule has 1 aromatic carbocycles. The Labute approximate surface area is 115 Å². The van der Waals surface area contributed by atoms with Gasteiger partial charge in [-0.15, -0.1) is 0 Å². The van der Waals surface area contributed by atoms with Gasteiger partial charge in [-0.25, -0.2) is 0 Å². The molecule has 0 fully saturated rings. The SMILES string of the molecule is O=C(N=P(Cl)(Cl)Cl)c1ccc([N+](=O)[O-])cc1Cl. The number of nitro benzene ring substituents is 1. The van der Waals surface area contributed by atoms with Crippen molar-refractivity contribution in [2.75, 3.05) is 0 Å². The third-order valence-corrected chi connectivity index (χ3v) is 3.00. The molecule has 1 aromatic rings. The van der Waals surface area contributed by atoms with Crippen LogP contribution in [0.15, 0.2) is 22.9 Å². The molecule has 1 amide bonds. The largest absolute Gasteiger partial charge is 0.280 e. The maximum absolute atomic E-state index is 11.5. The van der Waals surface area contributed by atoms with Crippen LogP contribution < -0.4 is 0 Å². The Morgan fingerprint density at radius 2 is 1.94 bits per heavy atom. The Hall–Kier alpha value is -0.320. The Kier molecular flexibility index (Phi) is 4.81. The fourth-order valence-electron chi connectivity index (χ4n) is 0.948. The van der Waals surface area contributed by atoms with Gasteiger partial charge in [-0.05, 0) is 39.8 Å². The number of rotatable bonds is 2. The first kappa shape index (κ1) is 14.7. The van der Waals surface area contributed by atoms with Gasteiger partial charge in [0.2, 0.25) is 5.11 Å². The molecule has 5 nitrogen and oxygen atoms in total. The van der Waals surface area contributed by atoms with Crippen LogP contribution in [-0.4, -0.2) is 10.8 Å². The average molecular weight is 336 g/mol. The Balaban J connectivity index is 3.18. The van der Waals surface area contributed by atoms with Crippen LogP contribution in [0.4, 0.5) is 5.69 Å². The minimum atomic E-state index is -3.19. The number of hydrogen-bond donors (Lipinski definition) is 0. The van der Waals surface area contributed by atoms with Gasteiger partial charge in [0.15, 0.2) is 0 Å². The molecule has 17 heavy (non-hydrogen) atoms. The molecule has 92 valence electrons. The Morgan fingerprint density at radius 3 is 2.35 bits per heavy atom. The first-order valence-corrected chi connectivity index (χ1v) is 8.74. The number of carbonyl (C=O) groups excluding carboxylic acids is 1. The molecule has 10 heteroatoms. The molecule has 0 heterocycles. The highest BCUT2D eigenvalue weighted by Gasteiger charge is 2.17. The number of non-ortho nitro benzene ring substituents is 1. The molecule has 0 saturated carbocycles. The molecule has 0 unspecified atom stereocenters. The van der Waals surface area contributed by atoms with Crippen LogP contribution in [0, 0.1) is 10.1 Å². The van der Waals surface area contributed by atoms with E-state index in [4.69, 9.17) is 45.3 Å². The van der Waals surface area contributed by atoms with Crippen LogP contribution in [0.3, 0.4) is 0 Å². The second kappa shape index (κ2) is 5.55. The predicted octanol–water partition coefficient (Wildman–Crippen LogP) is 5.05. The number of nitrogens with zero attached hydrogens (tertiary/aromatic N) is 2. The third kappa shape index (κ3) is 4.45. The van der Waals surface area contributed by atoms with Crippen molar-refractivity contribution < 1.29 is 9.72 Å². The lowest BCUT2D eigenvalue weighted by molar-refractivity contribution is -0.384. The fraction of sp³-hybridized carbons (Fsp3) is 0. The van der Waals surface area contributed by atoms with Gasteiger partial charge in [0.25, 0.3) is 11.6 Å². The second-order valence-electron chi connectivity index (χ2n) is 2.74. The molecule has 0 aliphatic heterocycles. The second-order valence-corrected chi connectivity index (χ2v) is 10.1. The summed E-state index contributed by atoms with van der Waals surface area (Å²) in [6.45, 7) is 0. The van der Waals surface area contributed by atoms with E-state index in [1.165, 1.54) is 0 Å². The first-order chi connectivity index (χ1) is 7.70. The van der Waals surface area contributed by atoms with Crippen LogP contribution in [0.2, 0.25) is 5.02 Å². The quantitative estimate of drug-likeness (QED) is 0.431. The zero-order chi connectivity index (χ0) is 13.2. The summed E-state index contributed by atoms with van der Waals surface area (Å²) in [5.41, 5.74) is -0.293.